The average Bonchev–Trinajstić information content (AvgIpc) is 2.52. The van der Waals surface area contributed by atoms with Crippen LogP contribution in [-0.4, -0.2) is 21.3 Å². The molecule has 2 aromatic carbocycles. The van der Waals surface area contributed by atoms with Crippen molar-refractivity contribution < 1.29 is 24.5 Å². The van der Waals surface area contributed by atoms with Gasteiger partial charge in [-0.15, -0.1) is 0 Å². The van der Waals surface area contributed by atoms with Crippen LogP contribution in [0.2, 0.25) is 0 Å². The minimum atomic E-state index is -1.06. The van der Waals surface area contributed by atoms with Crippen molar-refractivity contribution in [1.82, 2.24) is 0 Å². The van der Waals surface area contributed by atoms with E-state index in [1.165, 1.54) is 36.4 Å². The average molecular weight is 312 g/mol. The summed E-state index contributed by atoms with van der Waals surface area (Å²) in [6, 6.07) is 10.3. The molecule has 1 heterocycles. The molecule has 0 bridgehead atoms. The molecule has 0 radical (unpaired) electrons. The molecule has 0 aliphatic heterocycles. The second kappa shape index (κ2) is 5.49. The van der Waals surface area contributed by atoms with Crippen LogP contribution in [0, 0.1) is 0 Å². The van der Waals surface area contributed by atoms with Gasteiger partial charge in [-0.05, 0) is 30.3 Å². The maximum Gasteiger partial charge on any atom is 0.307 e. The molecule has 23 heavy (non-hydrogen) atoms. The Morgan fingerprint density at radius 2 is 1.74 bits per heavy atom. The second-order valence-electron chi connectivity index (χ2n) is 5.02. The molecule has 3 aromatic rings. The number of hydrogen-bond donors (Lipinski definition) is 3. The van der Waals surface area contributed by atoms with E-state index in [4.69, 9.17) is 9.52 Å². The van der Waals surface area contributed by atoms with Crippen molar-refractivity contribution in [3.05, 3.63) is 58.3 Å². The summed E-state index contributed by atoms with van der Waals surface area (Å²) in [5, 5.41) is 28.5. The Kier molecular flexibility index (Phi) is 3.50. The molecule has 0 atom stereocenters. The lowest BCUT2D eigenvalue weighted by Gasteiger charge is -2.08. The lowest BCUT2D eigenvalue weighted by atomic mass is 10.1. The number of rotatable bonds is 3. The fourth-order valence-corrected chi connectivity index (χ4v) is 2.38. The molecule has 0 amide bonds. The number of para-hydroxylation sites is 1. The van der Waals surface area contributed by atoms with E-state index in [1.807, 2.05) is 0 Å². The SMILES string of the molecule is O=C(O)Cc1cccc2c(=O)c(O)c(-c3ccc(O)cc3)oc12. The highest BCUT2D eigenvalue weighted by Gasteiger charge is 2.18. The Hall–Kier alpha value is -3.28. The first-order valence-corrected chi connectivity index (χ1v) is 6.76. The van der Waals surface area contributed by atoms with Crippen molar-refractivity contribution >= 4 is 16.9 Å². The first-order chi connectivity index (χ1) is 11.0. The van der Waals surface area contributed by atoms with Crippen molar-refractivity contribution in [2.24, 2.45) is 0 Å². The number of phenols is 1. The van der Waals surface area contributed by atoms with Crippen molar-refractivity contribution in [2.45, 2.75) is 6.42 Å². The molecule has 3 rings (SSSR count). The first-order valence-electron chi connectivity index (χ1n) is 6.76. The number of aromatic hydroxyl groups is 2. The molecule has 1 aromatic heterocycles. The molecule has 0 aliphatic rings. The number of hydrogen-bond acceptors (Lipinski definition) is 5. The third-order valence-electron chi connectivity index (χ3n) is 3.45. The summed E-state index contributed by atoms with van der Waals surface area (Å²) >= 11 is 0. The van der Waals surface area contributed by atoms with Crippen molar-refractivity contribution in [3.8, 4) is 22.8 Å². The Bertz CT molecular complexity index is 953. The molecule has 6 nitrogen and oxygen atoms in total. The molecule has 0 saturated carbocycles. The molecular formula is C17H12O6. The lowest BCUT2D eigenvalue weighted by molar-refractivity contribution is -0.136. The maximum absolute atomic E-state index is 12.3. The van der Waals surface area contributed by atoms with Gasteiger partial charge in [-0.25, -0.2) is 0 Å². The maximum atomic E-state index is 12.3. The third-order valence-corrected chi connectivity index (χ3v) is 3.45. The predicted octanol–water partition coefficient (Wildman–Crippen LogP) is 2.50. The van der Waals surface area contributed by atoms with E-state index < -0.39 is 17.1 Å². The Morgan fingerprint density at radius 1 is 1.04 bits per heavy atom. The van der Waals surface area contributed by atoms with Gasteiger partial charge in [0.25, 0.3) is 0 Å². The summed E-state index contributed by atoms with van der Waals surface area (Å²) in [6.07, 6.45) is -0.305. The van der Waals surface area contributed by atoms with Crippen LogP contribution in [0.15, 0.2) is 51.7 Å². The summed E-state index contributed by atoms with van der Waals surface area (Å²) in [7, 11) is 0. The minimum Gasteiger partial charge on any atom is -0.508 e. The summed E-state index contributed by atoms with van der Waals surface area (Å²) in [4.78, 5) is 23.3. The standard InChI is InChI=1S/C17H12O6/c18-11-6-4-9(5-7-11)17-15(22)14(21)12-3-1-2-10(8-13(19)20)16(12)23-17/h1-7,18,22H,8H2,(H,19,20). The monoisotopic (exact) mass is 312 g/mol. The van der Waals surface area contributed by atoms with Crippen molar-refractivity contribution in [1.29, 1.82) is 0 Å². The molecule has 3 N–H and O–H groups in total. The molecule has 116 valence electrons. The fraction of sp³-hybridized carbons (Fsp3) is 0.0588. The van der Waals surface area contributed by atoms with Gasteiger partial charge in [0.05, 0.1) is 11.8 Å². The number of aliphatic carboxylic acids is 1. The van der Waals surface area contributed by atoms with Gasteiger partial charge in [0.15, 0.2) is 5.76 Å². The predicted molar refractivity (Wildman–Crippen MR) is 82.6 cm³/mol. The highest BCUT2D eigenvalue weighted by atomic mass is 16.4. The minimum absolute atomic E-state index is 0.0305. The van der Waals surface area contributed by atoms with Gasteiger partial charge in [-0.2, -0.15) is 0 Å². The largest absolute Gasteiger partial charge is 0.508 e. The summed E-state index contributed by atoms with van der Waals surface area (Å²) in [5.74, 6) is -1.65. The third kappa shape index (κ3) is 2.62. The van der Waals surface area contributed by atoms with E-state index >= 15 is 0 Å². The Morgan fingerprint density at radius 3 is 2.39 bits per heavy atom. The highest BCUT2D eigenvalue weighted by Crippen LogP contribution is 2.32. The van der Waals surface area contributed by atoms with Gasteiger partial charge >= 0.3 is 5.97 Å². The zero-order valence-corrected chi connectivity index (χ0v) is 11.8. The van der Waals surface area contributed by atoms with E-state index in [0.29, 0.717) is 11.1 Å². The zero-order valence-electron chi connectivity index (χ0n) is 11.8. The van der Waals surface area contributed by atoms with Gasteiger partial charge in [-0.1, -0.05) is 12.1 Å². The van der Waals surface area contributed by atoms with E-state index in [-0.39, 0.29) is 28.9 Å². The van der Waals surface area contributed by atoms with Gasteiger partial charge < -0.3 is 19.7 Å². The Labute approximate surface area is 129 Å². The van der Waals surface area contributed by atoms with Gasteiger partial charge in [-0.3, -0.25) is 9.59 Å². The molecule has 0 spiro atoms. The fourth-order valence-electron chi connectivity index (χ4n) is 2.38. The van der Waals surface area contributed by atoms with Crippen LogP contribution in [0.25, 0.3) is 22.3 Å². The summed E-state index contributed by atoms with van der Waals surface area (Å²) < 4.78 is 5.64. The van der Waals surface area contributed by atoms with E-state index in [0.717, 1.165) is 0 Å². The van der Waals surface area contributed by atoms with E-state index in [2.05, 4.69) is 0 Å². The van der Waals surface area contributed by atoms with Crippen LogP contribution in [-0.2, 0) is 11.2 Å². The van der Waals surface area contributed by atoms with Crippen LogP contribution in [0.5, 0.6) is 11.5 Å². The van der Waals surface area contributed by atoms with E-state index in [1.54, 1.807) is 6.07 Å². The summed E-state index contributed by atoms with van der Waals surface area (Å²) in [6.45, 7) is 0. The number of fused-ring (bicyclic) bond motifs is 1. The van der Waals surface area contributed by atoms with Crippen LogP contribution in [0.4, 0.5) is 0 Å². The lowest BCUT2D eigenvalue weighted by Crippen LogP contribution is -2.06. The molecule has 0 fully saturated rings. The highest BCUT2D eigenvalue weighted by molar-refractivity contribution is 5.87. The van der Waals surface area contributed by atoms with Gasteiger partial charge in [0.2, 0.25) is 11.2 Å². The number of benzene rings is 2. The van der Waals surface area contributed by atoms with Crippen LogP contribution in [0.1, 0.15) is 5.56 Å². The zero-order chi connectivity index (χ0) is 16.6. The molecule has 0 unspecified atom stereocenters. The van der Waals surface area contributed by atoms with E-state index in [9.17, 15) is 19.8 Å². The molecular weight excluding hydrogens is 300 g/mol. The van der Waals surface area contributed by atoms with Crippen LogP contribution >= 0.6 is 0 Å². The number of carboxylic acid groups (broad SMARTS) is 1. The second-order valence-corrected chi connectivity index (χ2v) is 5.02. The Balaban J connectivity index is 2.31. The van der Waals surface area contributed by atoms with Crippen LogP contribution in [0.3, 0.4) is 0 Å². The number of carbonyl (C=O) groups is 1. The molecule has 6 heteroatoms. The summed E-state index contributed by atoms with van der Waals surface area (Å²) in [5.41, 5.74) is 0.221. The van der Waals surface area contributed by atoms with Crippen molar-refractivity contribution in [2.75, 3.05) is 0 Å². The topological polar surface area (TPSA) is 108 Å². The van der Waals surface area contributed by atoms with Crippen molar-refractivity contribution in [3.63, 3.8) is 0 Å². The normalized spacial score (nSPS) is 10.8. The number of phenolic OH excluding ortho intramolecular Hbond substituents is 1. The quantitative estimate of drug-likeness (QED) is 0.685. The van der Waals surface area contributed by atoms with Gasteiger partial charge in [0.1, 0.15) is 11.3 Å². The van der Waals surface area contributed by atoms with Crippen LogP contribution < -0.4 is 5.43 Å². The van der Waals surface area contributed by atoms with Gasteiger partial charge in [0, 0.05) is 11.1 Å². The molecule has 0 saturated heterocycles. The number of carboxylic acids is 1. The molecule has 0 aliphatic carbocycles. The first kappa shape index (κ1) is 14.6. The smallest absolute Gasteiger partial charge is 0.307 e.